The van der Waals surface area contributed by atoms with Crippen LogP contribution in [-0.4, -0.2) is 32.0 Å². The van der Waals surface area contributed by atoms with Crippen LogP contribution in [0.15, 0.2) is 47.6 Å². The molecule has 2 amide bonds. The zero-order valence-corrected chi connectivity index (χ0v) is 13.4. The van der Waals surface area contributed by atoms with Crippen LogP contribution in [0.5, 0.6) is 5.75 Å². The van der Waals surface area contributed by atoms with E-state index in [4.69, 9.17) is 4.74 Å². The number of nitrogens with zero attached hydrogens (tertiary/aromatic N) is 1. The Balaban J connectivity index is 1.68. The molecule has 0 saturated heterocycles. The minimum absolute atomic E-state index is 0.178. The van der Waals surface area contributed by atoms with Gasteiger partial charge in [0.1, 0.15) is 13.6 Å². The van der Waals surface area contributed by atoms with E-state index in [-0.39, 0.29) is 18.2 Å². The Morgan fingerprint density at radius 3 is 2.79 bits per heavy atom. The highest BCUT2D eigenvalue weighted by Gasteiger charge is 2.26. The first-order chi connectivity index (χ1) is 11.5. The predicted octanol–water partition coefficient (Wildman–Crippen LogP) is 0.105. The minimum atomic E-state index is -0.434. The third-order valence-corrected chi connectivity index (χ3v) is 3.76. The van der Waals surface area contributed by atoms with Gasteiger partial charge < -0.3 is 10.1 Å². The lowest BCUT2D eigenvalue weighted by molar-refractivity contribution is -0.123. The molecule has 120 valence electrons. The first-order valence-electron chi connectivity index (χ1n) is 7.52. The van der Waals surface area contributed by atoms with Crippen LogP contribution in [0.25, 0.3) is 0 Å². The maximum Gasteiger partial charge on any atom is 0.277 e. The molecule has 0 radical (unpaired) electrons. The van der Waals surface area contributed by atoms with Gasteiger partial charge >= 0.3 is 0 Å². The van der Waals surface area contributed by atoms with Gasteiger partial charge in [0.05, 0.1) is 5.69 Å². The van der Waals surface area contributed by atoms with Crippen molar-refractivity contribution in [1.29, 1.82) is 0 Å². The van der Waals surface area contributed by atoms with Gasteiger partial charge in [-0.05, 0) is 31.2 Å². The summed E-state index contributed by atoms with van der Waals surface area (Å²) in [5, 5.41) is 6.70. The van der Waals surface area contributed by atoms with E-state index in [2.05, 4.69) is 15.8 Å². The van der Waals surface area contributed by atoms with E-state index in [9.17, 15) is 9.59 Å². The van der Waals surface area contributed by atoms with Crippen molar-refractivity contribution in [1.82, 2.24) is 5.43 Å². The fourth-order valence-corrected chi connectivity index (χ4v) is 2.35. The summed E-state index contributed by atoms with van der Waals surface area (Å²) in [5.41, 5.74) is 6.08. The average Bonchev–Trinajstić information content (AvgIpc) is 2.87. The molecular formula is C17H16BN3O3. The SMILES string of the molecule is Bc1cc2c(cc1C)/C(=N\NC(=O)COc1ccccc1)C(=O)N2. The Hall–Kier alpha value is -3.09. The number of aryl methyl sites for hydroxylation is 1. The van der Waals surface area contributed by atoms with Gasteiger partial charge in [0.2, 0.25) is 0 Å². The second-order valence-corrected chi connectivity index (χ2v) is 5.53. The number of para-hydroxylation sites is 1. The molecule has 1 aliphatic rings. The molecule has 0 saturated carbocycles. The lowest BCUT2D eigenvalue weighted by Gasteiger charge is -2.05. The largest absolute Gasteiger partial charge is 0.484 e. The van der Waals surface area contributed by atoms with Gasteiger partial charge in [0, 0.05) is 5.56 Å². The van der Waals surface area contributed by atoms with Gasteiger partial charge in [0.15, 0.2) is 12.3 Å². The van der Waals surface area contributed by atoms with Crippen LogP contribution in [0, 0.1) is 6.92 Å². The van der Waals surface area contributed by atoms with Crippen molar-refractivity contribution in [2.75, 3.05) is 11.9 Å². The van der Waals surface area contributed by atoms with E-state index in [0.29, 0.717) is 17.0 Å². The quantitative estimate of drug-likeness (QED) is 0.619. The molecule has 7 heteroatoms. The number of nitrogens with one attached hydrogen (secondary N) is 2. The van der Waals surface area contributed by atoms with Crippen LogP contribution >= 0.6 is 0 Å². The number of hydrogen-bond donors (Lipinski definition) is 2. The number of fused-ring (bicyclic) bond motifs is 1. The zero-order chi connectivity index (χ0) is 17.1. The molecule has 6 nitrogen and oxygen atoms in total. The first kappa shape index (κ1) is 15.8. The Labute approximate surface area is 140 Å². The predicted molar refractivity (Wildman–Crippen MR) is 94.6 cm³/mol. The number of carbonyl (C=O) groups excluding carboxylic acids is 2. The van der Waals surface area contributed by atoms with Gasteiger partial charge in [-0.25, -0.2) is 5.43 Å². The van der Waals surface area contributed by atoms with Gasteiger partial charge in [-0.1, -0.05) is 29.2 Å². The van der Waals surface area contributed by atoms with E-state index in [1.54, 1.807) is 12.1 Å². The van der Waals surface area contributed by atoms with E-state index in [0.717, 1.165) is 11.0 Å². The molecule has 1 aliphatic heterocycles. The molecule has 2 aromatic carbocycles. The number of anilines is 1. The van der Waals surface area contributed by atoms with Crippen molar-refractivity contribution >= 4 is 36.5 Å². The van der Waals surface area contributed by atoms with E-state index in [1.807, 2.05) is 45.1 Å². The molecule has 0 aliphatic carbocycles. The number of benzene rings is 2. The van der Waals surface area contributed by atoms with Crippen molar-refractivity contribution < 1.29 is 14.3 Å². The lowest BCUT2D eigenvalue weighted by atomic mass is 9.89. The Bertz CT molecular complexity index is 834. The summed E-state index contributed by atoms with van der Waals surface area (Å²) in [6.07, 6.45) is 0. The number of amides is 2. The van der Waals surface area contributed by atoms with E-state index in [1.165, 1.54) is 0 Å². The minimum Gasteiger partial charge on any atom is -0.484 e. The summed E-state index contributed by atoms with van der Waals surface area (Å²) < 4.78 is 5.33. The molecule has 2 N–H and O–H groups in total. The lowest BCUT2D eigenvalue weighted by Crippen LogP contribution is -2.27. The summed E-state index contributed by atoms with van der Waals surface area (Å²) in [6.45, 7) is 1.78. The number of hydrogen-bond acceptors (Lipinski definition) is 4. The summed E-state index contributed by atoms with van der Waals surface area (Å²) in [6, 6.07) is 12.8. The third kappa shape index (κ3) is 3.30. The molecular weight excluding hydrogens is 305 g/mol. The normalized spacial score (nSPS) is 14.2. The molecule has 24 heavy (non-hydrogen) atoms. The van der Waals surface area contributed by atoms with Crippen molar-refractivity contribution in [3.8, 4) is 5.75 Å². The third-order valence-electron chi connectivity index (χ3n) is 3.76. The number of rotatable bonds is 4. The molecule has 1 heterocycles. The van der Waals surface area contributed by atoms with Gasteiger partial charge in [0.25, 0.3) is 11.8 Å². The smallest absolute Gasteiger partial charge is 0.277 e. The molecule has 0 atom stereocenters. The summed E-state index contributed by atoms with van der Waals surface area (Å²) in [5.74, 6) is -0.175. The summed E-state index contributed by atoms with van der Waals surface area (Å²) in [7, 11) is 1.97. The second-order valence-electron chi connectivity index (χ2n) is 5.53. The molecule has 0 spiro atoms. The highest BCUT2D eigenvalue weighted by atomic mass is 16.5. The van der Waals surface area contributed by atoms with Crippen LogP contribution < -0.4 is 20.9 Å². The fourth-order valence-electron chi connectivity index (χ4n) is 2.35. The number of carbonyl (C=O) groups is 2. The Morgan fingerprint density at radius 1 is 1.29 bits per heavy atom. The van der Waals surface area contributed by atoms with Crippen LogP contribution in [-0.2, 0) is 9.59 Å². The van der Waals surface area contributed by atoms with Gasteiger partial charge in [-0.15, -0.1) is 0 Å². The Morgan fingerprint density at radius 2 is 2.04 bits per heavy atom. The molecule has 0 unspecified atom stereocenters. The molecule has 0 bridgehead atoms. The maximum absolute atomic E-state index is 12.0. The van der Waals surface area contributed by atoms with E-state index >= 15 is 0 Å². The summed E-state index contributed by atoms with van der Waals surface area (Å²) in [4.78, 5) is 23.9. The standard InChI is InChI=1S/C17H16BN3O3/c1-10-7-12-14(8-13(10)18)19-17(23)16(12)21-20-15(22)9-24-11-5-3-2-4-6-11/h2-8H,9,18H2,1H3,(H,20,22)(H,19,21,23). The van der Waals surface area contributed by atoms with Crippen molar-refractivity contribution in [3.63, 3.8) is 0 Å². The van der Waals surface area contributed by atoms with Crippen molar-refractivity contribution in [2.24, 2.45) is 5.10 Å². The van der Waals surface area contributed by atoms with Crippen molar-refractivity contribution in [3.05, 3.63) is 53.6 Å². The van der Waals surface area contributed by atoms with Crippen LogP contribution in [0.4, 0.5) is 5.69 Å². The van der Waals surface area contributed by atoms with Gasteiger partial charge in [-0.2, -0.15) is 5.10 Å². The first-order valence-corrected chi connectivity index (χ1v) is 7.52. The van der Waals surface area contributed by atoms with Crippen LogP contribution in [0.3, 0.4) is 0 Å². The fraction of sp³-hybridized carbons (Fsp3) is 0.118. The number of ether oxygens (including phenoxy) is 1. The average molecular weight is 321 g/mol. The number of hydrazone groups is 1. The Kier molecular flexibility index (Phi) is 4.33. The van der Waals surface area contributed by atoms with E-state index < -0.39 is 5.91 Å². The van der Waals surface area contributed by atoms with Crippen molar-refractivity contribution in [2.45, 2.75) is 6.92 Å². The van der Waals surface area contributed by atoms with Gasteiger partial charge in [-0.3, -0.25) is 9.59 Å². The molecule has 2 aromatic rings. The monoisotopic (exact) mass is 321 g/mol. The molecule has 3 rings (SSSR count). The maximum atomic E-state index is 12.0. The topological polar surface area (TPSA) is 79.8 Å². The van der Waals surface area contributed by atoms with Crippen LogP contribution in [0.1, 0.15) is 11.1 Å². The second kappa shape index (κ2) is 6.58. The summed E-state index contributed by atoms with van der Waals surface area (Å²) >= 11 is 0. The molecule has 0 aromatic heterocycles. The molecule has 0 fully saturated rings. The zero-order valence-electron chi connectivity index (χ0n) is 13.4. The highest BCUT2D eigenvalue weighted by Crippen LogP contribution is 2.23. The van der Waals surface area contributed by atoms with Crippen LogP contribution in [0.2, 0.25) is 0 Å². The highest BCUT2D eigenvalue weighted by molar-refractivity contribution is 6.54.